The van der Waals surface area contributed by atoms with Crippen LogP contribution in [0.4, 0.5) is 0 Å². The third-order valence-electron chi connectivity index (χ3n) is 0.958. The standard InChI is InChI=1S/C5H9BrN2O3/c6-1-4(9)8-2-3(7)5(10)11/h3H,1-2,7H2,(H,8,9)(H,10,11)/t3-/m0/s1. The summed E-state index contributed by atoms with van der Waals surface area (Å²) in [5.74, 6) is -1.40. The maximum absolute atomic E-state index is 10.5. The Labute approximate surface area is 72.1 Å². The lowest BCUT2D eigenvalue weighted by Gasteiger charge is -2.06. The average Bonchev–Trinajstić information content (AvgIpc) is 1.99. The van der Waals surface area contributed by atoms with Gasteiger partial charge in [-0.1, -0.05) is 15.9 Å². The summed E-state index contributed by atoms with van der Waals surface area (Å²) in [6.07, 6.45) is 0. The highest BCUT2D eigenvalue weighted by Gasteiger charge is 2.11. The van der Waals surface area contributed by atoms with Crippen molar-refractivity contribution in [3.8, 4) is 0 Å². The van der Waals surface area contributed by atoms with E-state index in [2.05, 4.69) is 21.2 Å². The Bertz CT molecular complexity index is 162. The summed E-state index contributed by atoms with van der Waals surface area (Å²) in [6, 6.07) is -1.03. The number of nitrogens with two attached hydrogens (primary N) is 1. The van der Waals surface area contributed by atoms with Crippen molar-refractivity contribution >= 4 is 27.8 Å². The van der Waals surface area contributed by atoms with Crippen LogP contribution in [0.25, 0.3) is 0 Å². The summed E-state index contributed by atoms with van der Waals surface area (Å²) < 4.78 is 0. The second kappa shape index (κ2) is 5.09. The van der Waals surface area contributed by atoms with E-state index < -0.39 is 12.0 Å². The van der Waals surface area contributed by atoms with Crippen molar-refractivity contribution in [2.45, 2.75) is 6.04 Å². The number of nitrogens with one attached hydrogen (secondary N) is 1. The lowest BCUT2D eigenvalue weighted by atomic mass is 10.3. The minimum atomic E-state index is -1.13. The summed E-state index contributed by atoms with van der Waals surface area (Å²) in [6.45, 7) is -0.0419. The molecule has 1 amide bonds. The molecule has 0 bridgehead atoms. The molecule has 0 spiro atoms. The maximum Gasteiger partial charge on any atom is 0.322 e. The van der Waals surface area contributed by atoms with Crippen molar-refractivity contribution in [2.75, 3.05) is 11.9 Å². The Hall–Kier alpha value is -0.620. The van der Waals surface area contributed by atoms with Crippen LogP contribution < -0.4 is 11.1 Å². The van der Waals surface area contributed by atoms with Crippen LogP contribution in [0.2, 0.25) is 0 Å². The lowest BCUT2D eigenvalue weighted by molar-refractivity contribution is -0.138. The van der Waals surface area contributed by atoms with Crippen LogP contribution in [0.3, 0.4) is 0 Å². The maximum atomic E-state index is 10.5. The Morgan fingerprint density at radius 1 is 1.64 bits per heavy atom. The molecule has 64 valence electrons. The van der Waals surface area contributed by atoms with Gasteiger partial charge in [-0.3, -0.25) is 9.59 Å². The zero-order chi connectivity index (χ0) is 8.85. The number of halogens is 1. The molecule has 4 N–H and O–H groups in total. The highest BCUT2D eigenvalue weighted by molar-refractivity contribution is 9.09. The number of amides is 1. The van der Waals surface area contributed by atoms with Gasteiger partial charge in [0.25, 0.3) is 0 Å². The largest absolute Gasteiger partial charge is 0.480 e. The van der Waals surface area contributed by atoms with Gasteiger partial charge in [-0.05, 0) is 0 Å². The molecular weight excluding hydrogens is 216 g/mol. The molecule has 1 atom stereocenters. The Kier molecular flexibility index (Phi) is 4.80. The number of carboxylic acid groups (broad SMARTS) is 1. The molecule has 0 radical (unpaired) electrons. The molecule has 0 aliphatic carbocycles. The third kappa shape index (κ3) is 4.74. The highest BCUT2D eigenvalue weighted by Crippen LogP contribution is 1.80. The van der Waals surface area contributed by atoms with Crippen LogP contribution in [-0.4, -0.2) is 34.9 Å². The van der Waals surface area contributed by atoms with Gasteiger partial charge in [0.15, 0.2) is 0 Å². The van der Waals surface area contributed by atoms with Crippen LogP contribution in [0, 0.1) is 0 Å². The van der Waals surface area contributed by atoms with E-state index in [0.29, 0.717) is 0 Å². The molecule has 0 rings (SSSR count). The summed E-state index contributed by atoms with van der Waals surface area (Å²) in [5.41, 5.74) is 5.09. The molecule has 0 saturated heterocycles. The number of carboxylic acids is 1. The van der Waals surface area contributed by atoms with Gasteiger partial charge in [0.1, 0.15) is 6.04 Å². The molecule has 0 aliphatic heterocycles. The minimum absolute atomic E-state index is 0.0419. The van der Waals surface area contributed by atoms with Gasteiger partial charge in [-0.2, -0.15) is 0 Å². The van der Waals surface area contributed by atoms with Crippen molar-refractivity contribution in [3.63, 3.8) is 0 Å². The summed E-state index contributed by atoms with van der Waals surface area (Å²) in [7, 11) is 0. The first-order valence-electron chi connectivity index (χ1n) is 2.89. The Balaban J connectivity index is 3.54. The smallest absolute Gasteiger partial charge is 0.322 e. The van der Waals surface area contributed by atoms with E-state index in [4.69, 9.17) is 10.8 Å². The predicted molar refractivity (Wildman–Crippen MR) is 42.4 cm³/mol. The van der Waals surface area contributed by atoms with E-state index in [9.17, 15) is 9.59 Å². The van der Waals surface area contributed by atoms with Crippen molar-refractivity contribution in [3.05, 3.63) is 0 Å². The first-order chi connectivity index (χ1) is 5.07. The van der Waals surface area contributed by atoms with Gasteiger partial charge in [0.05, 0.1) is 5.33 Å². The number of carbonyl (C=O) groups excluding carboxylic acids is 1. The van der Waals surface area contributed by atoms with Crippen molar-refractivity contribution in [1.29, 1.82) is 0 Å². The van der Waals surface area contributed by atoms with Gasteiger partial charge in [0, 0.05) is 6.54 Å². The number of alkyl halides is 1. The van der Waals surface area contributed by atoms with Crippen LogP contribution >= 0.6 is 15.9 Å². The van der Waals surface area contributed by atoms with E-state index in [1.165, 1.54) is 0 Å². The van der Waals surface area contributed by atoms with Gasteiger partial charge in [-0.25, -0.2) is 0 Å². The fourth-order valence-electron chi connectivity index (χ4n) is 0.358. The molecule has 0 unspecified atom stereocenters. The van der Waals surface area contributed by atoms with Crippen molar-refractivity contribution in [2.24, 2.45) is 5.73 Å². The topological polar surface area (TPSA) is 92.4 Å². The molecule has 0 aromatic heterocycles. The van der Waals surface area contributed by atoms with Crippen LogP contribution in [0.1, 0.15) is 0 Å². The molecule has 11 heavy (non-hydrogen) atoms. The van der Waals surface area contributed by atoms with Crippen LogP contribution in [0.15, 0.2) is 0 Å². The fraction of sp³-hybridized carbons (Fsp3) is 0.600. The van der Waals surface area contributed by atoms with Crippen LogP contribution in [0.5, 0.6) is 0 Å². The Morgan fingerprint density at radius 2 is 2.18 bits per heavy atom. The van der Waals surface area contributed by atoms with Gasteiger partial charge >= 0.3 is 5.97 Å². The fourth-order valence-corrected chi connectivity index (χ4v) is 0.557. The normalized spacial score (nSPS) is 12.2. The summed E-state index contributed by atoms with van der Waals surface area (Å²) >= 11 is 2.90. The predicted octanol–water partition coefficient (Wildman–Crippen LogP) is -1.09. The Morgan fingerprint density at radius 3 is 2.55 bits per heavy atom. The molecular formula is C5H9BrN2O3. The number of aliphatic carboxylic acids is 1. The quantitative estimate of drug-likeness (QED) is 0.530. The van der Waals surface area contributed by atoms with Gasteiger partial charge in [-0.15, -0.1) is 0 Å². The van der Waals surface area contributed by atoms with E-state index in [1.807, 2.05) is 0 Å². The SMILES string of the molecule is N[C@@H](CNC(=O)CBr)C(=O)O. The molecule has 0 aliphatic rings. The summed E-state index contributed by atoms with van der Waals surface area (Å²) in [4.78, 5) is 20.6. The molecule has 0 heterocycles. The zero-order valence-electron chi connectivity index (χ0n) is 5.71. The highest BCUT2D eigenvalue weighted by atomic mass is 79.9. The molecule has 6 heteroatoms. The molecule has 0 aromatic rings. The van der Waals surface area contributed by atoms with Crippen LogP contribution in [-0.2, 0) is 9.59 Å². The van der Waals surface area contributed by atoms with E-state index in [-0.39, 0.29) is 17.8 Å². The average molecular weight is 225 g/mol. The number of hydrogen-bond acceptors (Lipinski definition) is 3. The van der Waals surface area contributed by atoms with E-state index in [0.717, 1.165) is 0 Å². The molecule has 5 nitrogen and oxygen atoms in total. The second-order valence-corrected chi connectivity index (χ2v) is 2.44. The first kappa shape index (κ1) is 10.4. The first-order valence-corrected chi connectivity index (χ1v) is 4.01. The zero-order valence-corrected chi connectivity index (χ0v) is 7.30. The van der Waals surface area contributed by atoms with Gasteiger partial charge < -0.3 is 16.2 Å². The minimum Gasteiger partial charge on any atom is -0.480 e. The molecule has 0 aromatic carbocycles. The van der Waals surface area contributed by atoms with E-state index in [1.54, 1.807) is 0 Å². The van der Waals surface area contributed by atoms with Gasteiger partial charge in [0.2, 0.25) is 5.91 Å². The number of rotatable bonds is 4. The number of carbonyl (C=O) groups is 2. The van der Waals surface area contributed by atoms with E-state index >= 15 is 0 Å². The van der Waals surface area contributed by atoms with Crippen molar-refractivity contribution in [1.82, 2.24) is 5.32 Å². The second-order valence-electron chi connectivity index (χ2n) is 1.88. The lowest BCUT2D eigenvalue weighted by Crippen LogP contribution is -2.42. The third-order valence-corrected chi connectivity index (χ3v) is 1.47. The molecule has 0 saturated carbocycles. The monoisotopic (exact) mass is 224 g/mol. The van der Waals surface area contributed by atoms with Crippen molar-refractivity contribution < 1.29 is 14.7 Å². The molecule has 0 fully saturated rings. The number of hydrogen-bond donors (Lipinski definition) is 3. The summed E-state index contributed by atoms with van der Waals surface area (Å²) in [5, 5.41) is 10.8.